The van der Waals surface area contributed by atoms with Gasteiger partial charge < -0.3 is 9.47 Å². The fraction of sp³-hybridized carbons (Fsp3) is 0.545. The summed E-state index contributed by atoms with van der Waals surface area (Å²) in [7, 11) is 1.62. The van der Waals surface area contributed by atoms with Crippen molar-refractivity contribution in [1.29, 1.82) is 0 Å². The minimum absolute atomic E-state index is 0.626. The lowest BCUT2D eigenvalue weighted by molar-refractivity contribution is 0.309. The molecular weight excluding hydrogens is 178 g/mol. The van der Waals surface area contributed by atoms with Crippen molar-refractivity contribution in [3.8, 4) is 11.5 Å². The SMILES string of the molecule is CC.CCOc1cnc(C)cc1OC. The molecule has 0 bridgehead atoms. The first-order chi connectivity index (χ1) is 6.77. The molecule has 0 aliphatic heterocycles. The Balaban J connectivity index is 0.000000791. The summed E-state index contributed by atoms with van der Waals surface area (Å²) in [6.07, 6.45) is 1.68. The summed E-state index contributed by atoms with van der Waals surface area (Å²) < 4.78 is 10.4. The van der Waals surface area contributed by atoms with Gasteiger partial charge in [0.05, 0.1) is 19.9 Å². The Bertz CT molecular complexity index is 261. The van der Waals surface area contributed by atoms with Crippen molar-refractivity contribution in [2.45, 2.75) is 27.7 Å². The summed E-state index contributed by atoms with van der Waals surface area (Å²) >= 11 is 0. The molecule has 3 nitrogen and oxygen atoms in total. The minimum Gasteiger partial charge on any atom is -0.493 e. The van der Waals surface area contributed by atoms with Crippen molar-refractivity contribution in [3.63, 3.8) is 0 Å². The highest BCUT2D eigenvalue weighted by Gasteiger charge is 2.03. The van der Waals surface area contributed by atoms with Crippen LogP contribution in [0.25, 0.3) is 0 Å². The predicted molar refractivity (Wildman–Crippen MR) is 58.0 cm³/mol. The van der Waals surface area contributed by atoms with E-state index in [2.05, 4.69) is 4.98 Å². The normalized spacial score (nSPS) is 8.64. The average molecular weight is 197 g/mol. The van der Waals surface area contributed by atoms with Crippen molar-refractivity contribution in [1.82, 2.24) is 4.98 Å². The molecule has 1 aromatic rings. The van der Waals surface area contributed by atoms with Crippen LogP contribution in [0, 0.1) is 6.92 Å². The van der Waals surface area contributed by atoms with E-state index in [0.717, 1.165) is 11.4 Å². The van der Waals surface area contributed by atoms with Gasteiger partial charge in [-0.25, -0.2) is 0 Å². The van der Waals surface area contributed by atoms with E-state index >= 15 is 0 Å². The van der Waals surface area contributed by atoms with E-state index in [1.165, 1.54) is 0 Å². The summed E-state index contributed by atoms with van der Waals surface area (Å²) in [5.74, 6) is 1.44. The van der Waals surface area contributed by atoms with Crippen LogP contribution in [0.3, 0.4) is 0 Å². The highest BCUT2D eigenvalue weighted by molar-refractivity contribution is 5.38. The number of hydrogen-bond acceptors (Lipinski definition) is 3. The van der Waals surface area contributed by atoms with Gasteiger partial charge in [0.2, 0.25) is 0 Å². The molecule has 0 aliphatic rings. The van der Waals surface area contributed by atoms with Crippen LogP contribution in [0.2, 0.25) is 0 Å². The lowest BCUT2D eigenvalue weighted by atomic mass is 10.3. The second-order valence-corrected chi connectivity index (χ2v) is 2.41. The van der Waals surface area contributed by atoms with Crippen LogP contribution in [0.5, 0.6) is 11.5 Å². The Kier molecular flexibility index (Phi) is 6.54. The lowest BCUT2D eigenvalue weighted by Crippen LogP contribution is -1.96. The number of nitrogens with zero attached hydrogens (tertiary/aromatic N) is 1. The fourth-order valence-corrected chi connectivity index (χ4v) is 0.946. The van der Waals surface area contributed by atoms with E-state index < -0.39 is 0 Å². The number of rotatable bonds is 3. The molecule has 0 amide bonds. The highest BCUT2D eigenvalue weighted by atomic mass is 16.5. The summed E-state index contributed by atoms with van der Waals surface area (Å²) in [6, 6.07) is 1.85. The number of aromatic nitrogens is 1. The van der Waals surface area contributed by atoms with Crippen LogP contribution >= 0.6 is 0 Å². The van der Waals surface area contributed by atoms with Crippen LogP contribution in [0.1, 0.15) is 26.5 Å². The molecule has 0 aliphatic carbocycles. The van der Waals surface area contributed by atoms with E-state index in [-0.39, 0.29) is 0 Å². The van der Waals surface area contributed by atoms with E-state index in [4.69, 9.17) is 9.47 Å². The fourth-order valence-electron chi connectivity index (χ4n) is 0.946. The molecule has 1 heterocycles. The minimum atomic E-state index is 0.626. The summed E-state index contributed by atoms with van der Waals surface area (Å²) in [5, 5.41) is 0. The summed E-state index contributed by atoms with van der Waals surface area (Å²) in [5.41, 5.74) is 0.926. The number of aryl methyl sites for hydroxylation is 1. The van der Waals surface area contributed by atoms with Gasteiger partial charge in [-0.1, -0.05) is 13.8 Å². The number of ether oxygens (including phenoxy) is 2. The van der Waals surface area contributed by atoms with E-state index in [9.17, 15) is 0 Å². The molecule has 0 spiro atoms. The van der Waals surface area contributed by atoms with Gasteiger partial charge in [-0.15, -0.1) is 0 Å². The van der Waals surface area contributed by atoms with Gasteiger partial charge in [0.25, 0.3) is 0 Å². The zero-order valence-electron chi connectivity index (χ0n) is 9.63. The summed E-state index contributed by atoms with van der Waals surface area (Å²) in [4.78, 5) is 4.10. The van der Waals surface area contributed by atoms with Crippen LogP contribution in [0.15, 0.2) is 12.3 Å². The molecule has 0 radical (unpaired) electrons. The van der Waals surface area contributed by atoms with Gasteiger partial charge in [0, 0.05) is 11.8 Å². The molecule has 14 heavy (non-hydrogen) atoms. The van der Waals surface area contributed by atoms with Gasteiger partial charge in [-0.05, 0) is 13.8 Å². The molecule has 80 valence electrons. The van der Waals surface area contributed by atoms with Gasteiger partial charge in [0.15, 0.2) is 11.5 Å². The third-order valence-corrected chi connectivity index (χ3v) is 1.49. The largest absolute Gasteiger partial charge is 0.493 e. The summed E-state index contributed by atoms with van der Waals surface area (Å²) in [6.45, 7) is 8.47. The van der Waals surface area contributed by atoms with Crippen molar-refractivity contribution in [3.05, 3.63) is 18.0 Å². The molecule has 0 saturated carbocycles. The van der Waals surface area contributed by atoms with Crippen molar-refractivity contribution in [2.75, 3.05) is 13.7 Å². The standard InChI is InChI=1S/C9H13NO2.C2H6/c1-4-12-9-6-10-7(2)5-8(9)11-3;1-2/h5-6H,4H2,1-3H3;1-2H3. The third-order valence-electron chi connectivity index (χ3n) is 1.49. The van der Waals surface area contributed by atoms with E-state index in [0.29, 0.717) is 12.4 Å². The Labute approximate surface area is 86.1 Å². The van der Waals surface area contributed by atoms with Gasteiger partial charge in [-0.3, -0.25) is 4.98 Å². The molecule has 0 N–H and O–H groups in total. The van der Waals surface area contributed by atoms with E-state index in [1.807, 2.05) is 33.8 Å². The maximum absolute atomic E-state index is 5.30. The smallest absolute Gasteiger partial charge is 0.179 e. The lowest BCUT2D eigenvalue weighted by Gasteiger charge is -2.08. The maximum Gasteiger partial charge on any atom is 0.179 e. The van der Waals surface area contributed by atoms with Gasteiger partial charge in [0.1, 0.15) is 0 Å². The molecule has 0 saturated heterocycles. The second kappa shape index (κ2) is 7.18. The molecule has 1 rings (SSSR count). The van der Waals surface area contributed by atoms with Crippen LogP contribution in [-0.4, -0.2) is 18.7 Å². The Hall–Kier alpha value is -1.25. The second-order valence-electron chi connectivity index (χ2n) is 2.41. The molecule has 0 atom stereocenters. The zero-order chi connectivity index (χ0) is 11.0. The average Bonchev–Trinajstić information content (AvgIpc) is 2.24. The number of hydrogen-bond donors (Lipinski definition) is 0. The van der Waals surface area contributed by atoms with Crippen molar-refractivity contribution >= 4 is 0 Å². The highest BCUT2D eigenvalue weighted by Crippen LogP contribution is 2.25. The Morgan fingerprint density at radius 2 is 1.93 bits per heavy atom. The maximum atomic E-state index is 5.30. The molecule has 0 aromatic carbocycles. The zero-order valence-corrected chi connectivity index (χ0v) is 9.63. The first kappa shape index (κ1) is 12.8. The third kappa shape index (κ3) is 3.64. The van der Waals surface area contributed by atoms with E-state index in [1.54, 1.807) is 13.3 Å². The first-order valence-electron chi connectivity index (χ1n) is 4.91. The van der Waals surface area contributed by atoms with Gasteiger partial charge >= 0.3 is 0 Å². The Morgan fingerprint density at radius 1 is 1.29 bits per heavy atom. The van der Waals surface area contributed by atoms with Crippen LogP contribution < -0.4 is 9.47 Å². The van der Waals surface area contributed by atoms with Crippen molar-refractivity contribution in [2.24, 2.45) is 0 Å². The topological polar surface area (TPSA) is 31.4 Å². The van der Waals surface area contributed by atoms with Gasteiger partial charge in [-0.2, -0.15) is 0 Å². The van der Waals surface area contributed by atoms with Crippen molar-refractivity contribution < 1.29 is 9.47 Å². The quantitative estimate of drug-likeness (QED) is 0.746. The molecule has 0 unspecified atom stereocenters. The molecule has 0 fully saturated rings. The molecular formula is C11H19NO2. The predicted octanol–water partition coefficient (Wildman–Crippen LogP) is 2.82. The van der Waals surface area contributed by atoms with Crippen LogP contribution in [0.4, 0.5) is 0 Å². The molecule has 3 heteroatoms. The first-order valence-corrected chi connectivity index (χ1v) is 4.91. The number of methoxy groups -OCH3 is 1. The Morgan fingerprint density at radius 3 is 2.43 bits per heavy atom. The van der Waals surface area contributed by atoms with Crippen LogP contribution in [-0.2, 0) is 0 Å². The monoisotopic (exact) mass is 197 g/mol. The number of pyridine rings is 1. The molecule has 1 aromatic heterocycles.